The van der Waals surface area contributed by atoms with Gasteiger partial charge in [0, 0.05) is 41.8 Å². The highest BCUT2D eigenvalue weighted by molar-refractivity contribution is 5.90. The van der Waals surface area contributed by atoms with Crippen molar-refractivity contribution in [3.05, 3.63) is 55.2 Å². The summed E-state index contributed by atoms with van der Waals surface area (Å²) >= 11 is 0. The number of fused-ring (bicyclic) bond motifs is 2. The summed E-state index contributed by atoms with van der Waals surface area (Å²) in [4.78, 5) is 18.9. The number of anilines is 1. The van der Waals surface area contributed by atoms with Crippen molar-refractivity contribution in [3.8, 4) is 11.3 Å². The van der Waals surface area contributed by atoms with Gasteiger partial charge in [-0.25, -0.2) is 9.97 Å². The van der Waals surface area contributed by atoms with E-state index in [1.165, 1.54) is 0 Å². The average Bonchev–Trinajstić information content (AvgIpc) is 3.59. The van der Waals surface area contributed by atoms with Crippen molar-refractivity contribution in [1.82, 2.24) is 29.7 Å². The standard InChI is InChI=1S/C24H25N7O/c1-3-20(31-13-16(12-28-31)21-17-8-10-25-22(17)27-15-26-21)24(2)9-11-30(14-24)23-29-18-6-4-5-7-19(18)32-23/h4-8,10,12-13,15,20H,3,9,11,14H2,1-2H3,(H,25,26,27). The molecular formula is C24H25N7O. The lowest BCUT2D eigenvalue weighted by Crippen LogP contribution is -2.33. The van der Waals surface area contributed by atoms with E-state index >= 15 is 0 Å². The predicted octanol–water partition coefficient (Wildman–Crippen LogP) is 4.83. The van der Waals surface area contributed by atoms with E-state index in [4.69, 9.17) is 14.5 Å². The molecule has 2 unspecified atom stereocenters. The smallest absolute Gasteiger partial charge is 0.298 e. The number of hydrogen-bond donors (Lipinski definition) is 1. The van der Waals surface area contributed by atoms with Crippen LogP contribution in [0.1, 0.15) is 32.7 Å². The summed E-state index contributed by atoms with van der Waals surface area (Å²) in [6.45, 7) is 6.38. The molecule has 2 atom stereocenters. The number of benzene rings is 1. The van der Waals surface area contributed by atoms with Crippen molar-refractivity contribution in [1.29, 1.82) is 0 Å². The van der Waals surface area contributed by atoms with Gasteiger partial charge in [0.15, 0.2) is 5.58 Å². The van der Waals surface area contributed by atoms with Crippen molar-refractivity contribution >= 4 is 28.1 Å². The van der Waals surface area contributed by atoms with E-state index in [2.05, 4.69) is 44.6 Å². The first-order chi connectivity index (χ1) is 15.6. The largest absolute Gasteiger partial charge is 0.423 e. The van der Waals surface area contributed by atoms with Gasteiger partial charge < -0.3 is 14.3 Å². The van der Waals surface area contributed by atoms with Crippen LogP contribution in [0.4, 0.5) is 6.01 Å². The van der Waals surface area contributed by atoms with Crippen molar-refractivity contribution < 1.29 is 4.42 Å². The highest BCUT2D eigenvalue weighted by Crippen LogP contribution is 2.44. The van der Waals surface area contributed by atoms with Gasteiger partial charge in [0.25, 0.3) is 6.01 Å². The fraction of sp³-hybridized carbons (Fsp3) is 0.333. The molecule has 8 heteroatoms. The summed E-state index contributed by atoms with van der Waals surface area (Å²) in [6.07, 6.45) is 9.56. The SMILES string of the molecule is CCC(n1cc(-c2ncnc3[nH]ccc23)cn1)C1(C)CCN(c2nc3ccccc3o2)C1. The Morgan fingerprint density at radius 3 is 3.00 bits per heavy atom. The summed E-state index contributed by atoms with van der Waals surface area (Å²) in [5, 5.41) is 5.77. The molecule has 1 fully saturated rings. The van der Waals surface area contributed by atoms with Crippen LogP contribution in [0.25, 0.3) is 33.4 Å². The van der Waals surface area contributed by atoms with Crippen LogP contribution in [0, 0.1) is 5.41 Å². The number of hydrogen-bond acceptors (Lipinski definition) is 6. The number of aromatic nitrogens is 6. The van der Waals surface area contributed by atoms with E-state index in [0.29, 0.717) is 6.01 Å². The van der Waals surface area contributed by atoms with Gasteiger partial charge in [-0.1, -0.05) is 26.0 Å². The third-order valence-electron chi connectivity index (χ3n) is 6.80. The maximum absolute atomic E-state index is 6.03. The van der Waals surface area contributed by atoms with Gasteiger partial charge in [-0.3, -0.25) is 4.68 Å². The fourth-order valence-electron chi connectivity index (χ4n) is 5.15. The van der Waals surface area contributed by atoms with Crippen molar-refractivity contribution in [3.63, 3.8) is 0 Å². The molecule has 1 N–H and O–H groups in total. The van der Waals surface area contributed by atoms with E-state index in [0.717, 1.165) is 59.3 Å². The summed E-state index contributed by atoms with van der Waals surface area (Å²) in [5.74, 6) is 0. The summed E-state index contributed by atoms with van der Waals surface area (Å²) < 4.78 is 8.15. The van der Waals surface area contributed by atoms with Gasteiger partial charge in [-0.2, -0.15) is 10.1 Å². The Kier molecular flexibility index (Phi) is 4.28. The number of nitrogens with one attached hydrogen (secondary N) is 1. The zero-order valence-corrected chi connectivity index (χ0v) is 18.2. The monoisotopic (exact) mass is 427 g/mol. The van der Waals surface area contributed by atoms with Crippen LogP contribution in [0.15, 0.2) is 59.7 Å². The normalized spacial score (nSPS) is 19.9. The molecule has 0 saturated carbocycles. The Labute approximate surface area is 185 Å². The van der Waals surface area contributed by atoms with Gasteiger partial charge in [-0.05, 0) is 31.0 Å². The highest BCUT2D eigenvalue weighted by Gasteiger charge is 2.42. The lowest BCUT2D eigenvalue weighted by atomic mass is 9.80. The molecule has 6 rings (SSSR count). The molecule has 0 aliphatic carbocycles. The molecule has 162 valence electrons. The molecule has 1 aliphatic heterocycles. The molecule has 4 aromatic heterocycles. The Hall–Kier alpha value is -3.68. The second-order valence-electron chi connectivity index (χ2n) is 8.89. The van der Waals surface area contributed by atoms with E-state index in [-0.39, 0.29) is 11.5 Å². The Bertz CT molecular complexity index is 1370. The summed E-state index contributed by atoms with van der Waals surface area (Å²) in [7, 11) is 0. The zero-order chi connectivity index (χ0) is 21.7. The van der Waals surface area contributed by atoms with Crippen molar-refractivity contribution in [2.45, 2.75) is 32.7 Å². The van der Waals surface area contributed by atoms with Crippen LogP contribution >= 0.6 is 0 Å². The molecule has 1 aliphatic rings. The molecule has 5 aromatic rings. The molecule has 8 nitrogen and oxygen atoms in total. The maximum atomic E-state index is 6.03. The summed E-state index contributed by atoms with van der Waals surface area (Å²) in [5.41, 5.74) is 4.54. The van der Waals surface area contributed by atoms with Crippen LogP contribution in [-0.2, 0) is 0 Å². The third-order valence-corrected chi connectivity index (χ3v) is 6.80. The first-order valence-corrected chi connectivity index (χ1v) is 11.1. The Balaban J connectivity index is 1.29. The molecule has 0 radical (unpaired) electrons. The lowest BCUT2D eigenvalue weighted by molar-refractivity contribution is 0.195. The molecule has 1 aromatic carbocycles. The van der Waals surface area contributed by atoms with Crippen molar-refractivity contribution in [2.75, 3.05) is 18.0 Å². The van der Waals surface area contributed by atoms with Crippen LogP contribution in [0.2, 0.25) is 0 Å². The number of rotatable bonds is 5. The molecule has 32 heavy (non-hydrogen) atoms. The third kappa shape index (κ3) is 2.97. The number of aromatic amines is 1. The molecule has 0 bridgehead atoms. The maximum Gasteiger partial charge on any atom is 0.298 e. The van der Waals surface area contributed by atoms with Crippen LogP contribution in [0.3, 0.4) is 0 Å². The summed E-state index contributed by atoms with van der Waals surface area (Å²) in [6, 6.07) is 10.9. The molecular weight excluding hydrogens is 402 g/mol. The van der Waals surface area contributed by atoms with Crippen LogP contribution in [-0.4, -0.2) is 42.8 Å². The number of nitrogens with zero attached hydrogens (tertiary/aromatic N) is 6. The number of para-hydroxylation sites is 2. The lowest BCUT2D eigenvalue weighted by Gasteiger charge is -2.33. The van der Waals surface area contributed by atoms with Gasteiger partial charge in [0.05, 0.1) is 17.9 Å². The quantitative estimate of drug-likeness (QED) is 0.432. The molecule has 0 spiro atoms. The van der Waals surface area contributed by atoms with E-state index in [9.17, 15) is 0 Å². The molecule has 0 amide bonds. The van der Waals surface area contributed by atoms with E-state index in [1.807, 2.05) is 42.7 Å². The number of H-pyrrole nitrogens is 1. The predicted molar refractivity (Wildman–Crippen MR) is 123 cm³/mol. The highest BCUT2D eigenvalue weighted by atomic mass is 16.4. The van der Waals surface area contributed by atoms with Crippen LogP contribution in [0.5, 0.6) is 0 Å². The number of oxazole rings is 1. The fourth-order valence-corrected chi connectivity index (χ4v) is 5.15. The van der Waals surface area contributed by atoms with Crippen molar-refractivity contribution in [2.24, 2.45) is 5.41 Å². The minimum absolute atomic E-state index is 0.0494. The first kappa shape index (κ1) is 19.0. The minimum Gasteiger partial charge on any atom is -0.423 e. The van der Waals surface area contributed by atoms with Gasteiger partial charge in [0.1, 0.15) is 17.5 Å². The Morgan fingerprint density at radius 1 is 1.22 bits per heavy atom. The second kappa shape index (κ2) is 7.19. The van der Waals surface area contributed by atoms with Gasteiger partial charge in [-0.15, -0.1) is 0 Å². The average molecular weight is 428 g/mol. The topological polar surface area (TPSA) is 88.7 Å². The van der Waals surface area contributed by atoms with Gasteiger partial charge in [0.2, 0.25) is 0 Å². The Morgan fingerprint density at radius 2 is 2.12 bits per heavy atom. The first-order valence-electron chi connectivity index (χ1n) is 11.1. The van der Waals surface area contributed by atoms with Crippen LogP contribution < -0.4 is 4.90 Å². The molecule has 5 heterocycles. The van der Waals surface area contributed by atoms with Gasteiger partial charge >= 0.3 is 0 Å². The minimum atomic E-state index is 0.0494. The van der Waals surface area contributed by atoms with E-state index in [1.54, 1.807) is 6.33 Å². The second-order valence-corrected chi connectivity index (χ2v) is 8.89. The zero-order valence-electron chi connectivity index (χ0n) is 18.2. The van der Waals surface area contributed by atoms with E-state index < -0.39 is 0 Å². The molecule has 1 saturated heterocycles.